The van der Waals surface area contributed by atoms with Crippen LogP contribution in [0.3, 0.4) is 0 Å². The van der Waals surface area contributed by atoms with Crippen molar-refractivity contribution in [3.05, 3.63) is 105 Å². The summed E-state index contributed by atoms with van der Waals surface area (Å²) >= 11 is 7.24. The minimum atomic E-state index is -0.227. The quantitative estimate of drug-likeness (QED) is 0.254. The van der Waals surface area contributed by atoms with E-state index in [-0.39, 0.29) is 16.9 Å². The Morgan fingerprint density at radius 3 is 1.47 bits per heavy atom. The van der Waals surface area contributed by atoms with Crippen molar-refractivity contribution in [3.63, 3.8) is 0 Å². The average Bonchev–Trinajstić information content (AvgIpc) is 2.84. The van der Waals surface area contributed by atoms with Crippen LogP contribution < -0.4 is 0 Å². The van der Waals surface area contributed by atoms with Crippen molar-refractivity contribution in [2.45, 2.75) is 37.5 Å². The molecule has 1 aliphatic rings. The number of halogens is 2. The van der Waals surface area contributed by atoms with Crippen LogP contribution in [-0.4, -0.2) is 10.2 Å². The highest BCUT2D eigenvalue weighted by atomic mass is 79.9. The third-order valence-electron chi connectivity index (χ3n) is 7.02. The van der Waals surface area contributed by atoms with Crippen LogP contribution in [0.25, 0.3) is 22.3 Å². The highest BCUT2D eigenvalue weighted by Gasteiger charge is 2.39. The van der Waals surface area contributed by atoms with Crippen molar-refractivity contribution in [2.24, 2.45) is 0 Å². The lowest BCUT2D eigenvalue weighted by Gasteiger charge is -2.41. The van der Waals surface area contributed by atoms with Gasteiger partial charge in [0.05, 0.1) is 0 Å². The van der Waals surface area contributed by atoms with Gasteiger partial charge in [-0.3, -0.25) is 0 Å². The van der Waals surface area contributed by atoms with Gasteiger partial charge in [0.15, 0.2) is 0 Å². The first-order valence-corrected chi connectivity index (χ1v) is 13.2. The van der Waals surface area contributed by atoms with Crippen molar-refractivity contribution in [1.29, 1.82) is 0 Å². The van der Waals surface area contributed by atoms with Crippen molar-refractivity contribution >= 4 is 31.9 Å². The second-order valence-corrected chi connectivity index (χ2v) is 11.0. The molecule has 1 saturated carbocycles. The maximum Gasteiger partial charge on any atom is 0.116 e. The molecule has 1 fully saturated rings. The van der Waals surface area contributed by atoms with E-state index in [9.17, 15) is 10.2 Å². The van der Waals surface area contributed by atoms with Gasteiger partial charge in [-0.1, -0.05) is 87.5 Å². The van der Waals surface area contributed by atoms with Crippen LogP contribution in [0.4, 0.5) is 0 Å². The van der Waals surface area contributed by atoms with E-state index >= 15 is 0 Å². The van der Waals surface area contributed by atoms with E-state index in [0.717, 1.165) is 56.9 Å². The summed E-state index contributed by atoms with van der Waals surface area (Å²) in [6.45, 7) is 0. The third kappa shape index (κ3) is 4.42. The van der Waals surface area contributed by atoms with E-state index in [4.69, 9.17) is 0 Å². The molecule has 4 heteroatoms. The zero-order valence-electron chi connectivity index (χ0n) is 18.8. The number of phenols is 2. The first-order chi connectivity index (χ1) is 16.5. The van der Waals surface area contributed by atoms with Gasteiger partial charge < -0.3 is 10.2 Å². The lowest BCUT2D eigenvalue weighted by Crippen LogP contribution is -2.31. The fourth-order valence-corrected chi connectivity index (χ4v) is 6.33. The SMILES string of the molecule is Oc1ccc(C2(c3ccc(O)cc3-c3cccc(Br)c3)CCCCC2)c(-c2cccc(Br)c2)c1. The number of aromatic hydroxyl groups is 2. The van der Waals surface area contributed by atoms with Crippen molar-refractivity contribution in [1.82, 2.24) is 0 Å². The van der Waals surface area contributed by atoms with Gasteiger partial charge in [-0.05, 0) is 94.8 Å². The van der Waals surface area contributed by atoms with Crippen LogP contribution in [0.1, 0.15) is 43.2 Å². The van der Waals surface area contributed by atoms with Gasteiger partial charge in [0.25, 0.3) is 0 Å². The number of hydrogen-bond donors (Lipinski definition) is 2. The molecule has 2 N–H and O–H groups in total. The molecule has 5 rings (SSSR count). The molecular weight excluding hydrogens is 552 g/mol. The number of hydrogen-bond acceptors (Lipinski definition) is 2. The molecule has 0 bridgehead atoms. The molecule has 4 aromatic rings. The van der Waals surface area contributed by atoms with E-state index in [2.05, 4.69) is 68.3 Å². The maximum atomic E-state index is 10.5. The van der Waals surface area contributed by atoms with Gasteiger partial charge in [-0.25, -0.2) is 0 Å². The summed E-state index contributed by atoms with van der Waals surface area (Å²) in [5.41, 5.74) is 6.48. The first kappa shape index (κ1) is 23.2. The zero-order chi connectivity index (χ0) is 23.7. The Kier molecular flexibility index (Phi) is 6.54. The normalized spacial score (nSPS) is 15.2. The van der Waals surface area contributed by atoms with Crippen LogP contribution in [-0.2, 0) is 5.41 Å². The first-order valence-electron chi connectivity index (χ1n) is 11.7. The second-order valence-electron chi connectivity index (χ2n) is 9.12. The summed E-state index contributed by atoms with van der Waals surface area (Å²) in [6.07, 6.45) is 5.53. The van der Waals surface area contributed by atoms with Crippen LogP contribution in [0.2, 0.25) is 0 Å². The highest BCUT2D eigenvalue weighted by Crippen LogP contribution is 2.51. The molecule has 0 amide bonds. The summed E-state index contributed by atoms with van der Waals surface area (Å²) in [6, 6.07) is 28.2. The third-order valence-corrected chi connectivity index (χ3v) is 8.00. The zero-order valence-corrected chi connectivity index (χ0v) is 21.9. The fourth-order valence-electron chi connectivity index (χ4n) is 5.53. The van der Waals surface area contributed by atoms with Crippen molar-refractivity contribution in [3.8, 4) is 33.8 Å². The van der Waals surface area contributed by atoms with Gasteiger partial charge in [-0.2, -0.15) is 0 Å². The molecule has 0 radical (unpaired) electrons. The molecule has 172 valence electrons. The van der Waals surface area contributed by atoms with E-state index in [1.165, 1.54) is 17.5 Å². The van der Waals surface area contributed by atoms with Gasteiger partial charge in [0.1, 0.15) is 11.5 Å². The molecule has 0 spiro atoms. The van der Waals surface area contributed by atoms with Crippen molar-refractivity contribution in [2.75, 3.05) is 0 Å². The average molecular weight is 578 g/mol. The summed E-state index contributed by atoms with van der Waals surface area (Å²) < 4.78 is 2.02. The van der Waals surface area contributed by atoms with Crippen LogP contribution in [0.5, 0.6) is 11.5 Å². The van der Waals surface area contributed by atoms with Crippen LogP contribution >= 0.6 is 31.9 Å². The topological polar surface area (TPSA) is 40.5 Å². The minimum Gasteiger partial charge on any atom is -0.508 e. The Morgan fingerprint density at radius 2 is 1.03 bits per heavy atom. The van der Waals surface area contributed by atoms with Crippen LogP contribution in [0.15, 0.2) is 93.9 Å². The van der Waals surface area contributed by atoms with E-state index in [1.807, 2.05) is 48.5 Å². The van der Waals surface area contributed by atoms with E-state index < -0.39 is 0 Å². The number of benzene rings is 4. The molecule has 0 saturated heterocycles. The summed E-state index contributed by atoms with van der Waals surface area (Å²) in [4.78, 5) is 0. The lowest BCUT2D eigenvalue weighted by molar-refractivity contribution is 0.346. The second kappa shape index (κ2) is 9.59. The molecular formula is C30H26Br2O2. The molecule has 1 aliphatic carbocycles. The molecule has 2 nitrogen and oxygen atoms in total. The monoisotopic (exact) mass is 576 g/mol. The number of rotatable bonds is 4. The van der Waals surface area contributed by atoms with Gasteiger partial charge in [0.2, 0.25) is 0 Å². The summed E-state index contributed by atoms with van der Waals surface area (Å²) in [7, 11) is 0. The Balaban J connectivity index is 1.80. The minimum absolute atomic E-state index is 0.227. The smallest absolute Gasteiger partial charge is 0.116 e. The predicted octanol–water partition coefficient (Wildman–Crippen LogP) is 9.21. The lowest BCUT2D eigenvalue weighted by atomic mass is 9.62. The Hall–Kier alpha value is -2.56. The highest BCUT2D eigenvalue weighted by molar-refractivity contribution is 9.10. The van der Waals surface area contributed by atoms with E-state index in [1.54, 1.807) is 0 Å². The summed E-state index contributed by atoms with van der Waals surface area (Å²) in [5.74, 6) is 0.533. The van der Waals surface area contributed by atoms with E-state index in [0.29, 0.717) is 0 Å². The molecule has 0 atom stereocenters. The predicted molar refractivity (Wildman–Crippen MR) is 146 cm³/mol. The van der Waals surface area contributed by atoms with Crippen molar-refractivity contribution < 1.29 is 10.2 Å². The molecule has 0 aromatic heterocycles. The largest absolute Gasteiger partial charge is 0.508 e. The molecule has 0 heterocycles. The van der Waals surface area contributed by atoms with Gasteiger partial charge in [-0.15, -0.1) is 0 Å². The standard InChI is InChI=1S/C30H26Br2O2/c31-22-8-4-6-20(16-22)26-18-24(33)10-12-28(26)30(14-2-1-3-15-30)29-13-11-25(34)19-27(29)21-7-5-9-23(32)17-21/h4-13,16-19,33-34H,1-3,14-15H2. The number of phenolic OH excluding ortho intramolecular Hbond substituents is 2. The molecule has 34 heavy (non-hydrogen) atoms. The maximum absolute atomic E-state index is 10.5. The molecule has 0 aliphatic heterocycles. The van der Waals surface area contributed by atoms with Gasteiger partial charge >= 0.3 is 0 Å². The van der Waals surface area contributed by atoms with Crippen LogP contribution in [0, 0.1) is 0 Å². The Morgan fingerprint density at radius 1 is 0.559 bits per heavy atom. The molecule has 4 aromatic carbocycles. The fraction of sp³-hybridized carbons (Fsp3) is 0.200. The van der Waals surface area contributed by atoms with Gasteiger partial charge in [0, 0.05) is 14.4 Å². The Labute approximate surface area is 217 Å². The Bertz CT molecular complexity index is 1240. The molecule has 0 unspecified atom stereocenters. The summed E-state index contributed by atoms with van der Waals surface area (Å²) in [5, 5.41) is 20.9.